The van der Waals surface area contributed by atoms with Crippen LogP contribution in [0.4, 0.5) is 0 Å². The predicted molar refractivity (Wildman–Crippen MR) is 45.8 cm³/mol. The average Bonchev–Trinajstić information content (AvgIpc) is 0.722. The molecule has 5 heavy (non-hydrogen) atoms. The van der Waals surface area contributed by atoms with Crippen LogP contribution < -0.4 is 0 Å². The molecule has 0 aliphatic rings. The maximum atomic E-state index is 2.72. The van der Waals surface area contributed by atoms with Crippen LogP contribution >= 0.6 is 41.7 Å². The van der Waals surface area contributed by atoms with Crippen LogP contribution in [0.3, 0.4) is 0 Å². The van der Waals surface area contributed by atoms with E-state index in [1.807, 2.05) is 0 Å². The van der Waals surface area contributed by atoms with Crippen molar-refractivity contribution in [1.82, 2.24) is 0 Å². The zero-order valence-corrected chi connectivity index (χ0v) is 8.27. The van der Waals surface area contributed by atoms with E-state index in [0.717, 1.165) is 0 Å². The molecule has 0 saturated heterocycles. The first-order valence-electron chi connectivity index (χ1n) is 1.03. The molecule has 0 aromatic rings. The van der Waals surface area contributed by atoms with Crippen molar-refractivity contribution in [2.45, 2.75) is 0 Å². The lowest BCUT2D eigenvalue weighted by molar-refractivity contribution is 4.92. The van der Waals surface area contributed by atoms with Crippen molar-refractivity contribution < 1.29 is 0 Å². The van der Waals surface area contributed by atoms with Crippen LogP contribution in [0.2, 0.25) is 0 Å². The first-order chi connectivity index (χ1) is 2.00. The molecule has 0 aromatic carbocycles. The van der Waals surface area contributed by atoms with Gasteiger partial charge in [-0.1, -0.05) is 0 Å². The molecule has 0 aliphatic carbocycles. The van der Waals surface area contributed by atoms with E-state index in [4.69, 9.17) is 0 Å². The van der Waals surface area contributed by atoms with Gasteiger partial charge in [0.05, 0.1) is 6.02 Å². The zero-order valence-electron chi connectivity index (χ0n) is 2.76. The molecule has 0 fully saturated rings. The monoisotopic (exact) mass is 163 g/mol. The Labute approximate surface area is 42.4 Å². The van der Waals surface area contributed by atoms with E-state index in [9.17, 15) is 0 Å². The molecule has 0 N–H and O–H groups in total. The Balaban J connectivity index is 3.02. The van der Waals surface area contributed by atoms with Gasteiger partial charge in [0.15, 0.2) is 0 Å². The minimum atomic E-state index is -0.722. The second-order valence-electron chi connectivity index (χ2n) is 0.894. The summed E-state index contributed by atoms with van der Waals surface area (Å²) in [6, 6.07) is -0.722. The summed E-state index contributed by atoms with van der Waals surface area (Å²) in [6.07, 6.45) is 0. The smallest absolute Gasteiger partial charge is 0.0335 e. The molecule has 0 radical (unpaired) electrons. The Hall–Kier alpha value is 2.15. The van der Waals surface area contributed by atoms with Gasteiger partial charge in [-0.2, -0.15) is 0 Å². The van der Waals surface area contributed by atoms with E-state index >= 15 is 0 Å². The van der Waals surface area contributed by atoms with Crippen molar-refractivity contribution in [2.75, 3.05) is 0 Å². The van der Waals surface area contributed by atoms with E-state index in [2.05, 4.69) is 35.7 Å². The van der Waals surface area contributed by atoms with Gasteiger partial charge in [-0.15, -0.1) is 0 Å². The Bertz CT molecular complexity index is 15.5. The molecule has 0 aromatic heterocycles. The normalized spacial score (nSPS) is 12.0. The summed E-state index contributed by atoms with van der Waals surface area (Å²) in [4.78, 5) is 0. The highest BCUT2D eigenvalue weighted by Gasteiger charge is 2.05. The van der Waals surface area contributed by atoms with Gasteiger partial charge >= 0.3 is 0 Å². The van der Waals surface area contributed by atoms with Gasteiger partial charge in [0.2, 0.25) is 0 Å². The highest BCUT2D eigenvalue weighted by atomic mass is 33.0. The molecule has 0 spiro atoms. The van der Waals surface area contributed by atoms with E-state index in [1.165, 1.54) is 0 Å². The minimum Gasteiger partial charge on any atom is 0.0335 e. The predicted octanol–water partition coefficient (Wildman–Crippen LogP) is 2.16. The van der Waals surface area contributed by atoms with Crippen LogP contribution in [0.15, 0.2) is 0 Å². The van der Waals surface area contributed by atoms with E-state index in [-0.39, 0.29) is 0 Å². The fourth-order valence-electron chi connectivity index (χ4n) is 0. The van der Waals surface area contributed by atoms with E-state index < -0.39 is 6.02 Å². The van der Waals surface area contributed by atoms with Crippen molar-refractivity contribution >= 4 is 41.7 Å². The standard InChI is InChI=1S/H8P5/c1-5(2,3)4/h1-4H2/q+1. The SMILES string of the molecule is P[P+](P)(P)P. The fourth-order valence-corrected chi connectivity index (χ4v) is 0. The van der Waals surface area contributed by atoms with Crippen molar-refractivity contribution in [3.05, 3.63) is 0 Å². The number of hydrogen-bond acceptors (Lipinski definition) is 0. The van der Waals surface area contributed by atoms with Gasteiger partial charge in [0.25, 0.3) is 0 Å². The van der Waals surface area contributed by atoms with Crippen LogP contribution in [0.25, 0.3) is 0 Å². The lowest BCUT2D eigenvalue weighted by atomic mass is 29.0. The third-order valence-electron chi connectivity index (χ3n) is 0. The second-order valence-corrected chi connectivity index (χ2v) is 24.1. The third kappa shape index (κ3) is 22.9. The lowest BCUT2D eigenvalue weighted by Crippen LogP contribution is -1.14. The highest BCUT2D eigenvalue weighted by Crippen LogP contribution is 2.86. The molecular weight excluding hydrogens is 155 g/mol. The van der Waals surface area contributed by atoms with E-state index in [1.54, 1.807) is 0 Å². The first-order valence-corrected chi connectivity index (χ1v) is 9.30. The molecule has 0 amide bonds. The van der Waals surface area contributed by atoms with Gasteiger partial charge < -0.3 is 0 Å². The molecule has 0 aliphatic heterocycles. The van der Waals surface area contributed by atoms with Gasteiger partial charge in [-0.3, -0.25) is 0 Å². The van der Waals surface area contributed by atoms with Crippen LogP contribution in [0, 0.1) is 0 Å². The molecule has 4 unspecified atom stereocenters. The molecule has 0 heterocycles. The molecule has 0 saturated carbocycles. The van der Waals surface area contributed by atoms with Crippen molar-refractivity contribution in [3.63, 3.8) is 0 Å². The summed E-state index contributed by atoms with van der Waals surface area (Å²) in [6.45, 7) is 0. The van der Waals surface area contributed by atoms with Crippen LogP contribution in [0.5, 0.6) is 0 Å². The average molecular weight is 163 g/mol. The summed E-state index contributed by atoms with van der Waals surface area (Å²) < 4.78 is 0. The van der Waals surface area contributed by atoms with Crippen LogP contribution in [-0.2, 0) is 0 Å². The molecule has 5 heteroatoms. The topological polar surface area (TPSA) is 0 Å². The summed E-state index contributed by atoms with van der Waals surface area (Å²) in [7, 11) is 10.9. The second kappa shape index (κ2) is 2.46. The van der Waals surface area contributed by atoms with Crippen molar-refractivity contribution in [2.24, 2.45) is 0 Å². The maximum absolute atomic E-state index is 2.72. The van der Waals surface area contributed by atoms with Crippen LogP contribution in [-0.4, -0.2) is 0 Å². The summed E-state index contributed by atoms with van der Waals surface area (Å²) in [5.74, 6) is 0. The van der Waals surface area contributed by atoms with Gasteiger partial charge in [0, 0.05) is 35.7 Å². The van der Waals surface area contributed by atoms with E-state index in [0.29, 0.717) is 0 Å². The molecule has 0 nitrogen and oxygen atoms in total. The quantitative estimate of drug-likeness (QED) is 0.480. The van der Waals surface area contributed by atoms with Gasteiger partial charge in [0.1, 0.15) is 0 Å². The third-order valence-corrected chi connectivity index (χ3v) is 0. The Morgan fingerprint density at radius 1 is 0.800 bits per heavy atom. The van der Waals surface area contributed by atoms with Crippen LogP contribution in [0.1, 0.15) is 0 Å². The van der Waals surface area contributed by atoms with Crippen molar-refractivity contribution in [3.8, 4) is 0 Å². The summed E-state index contributed by atoms with van der Waals surface area (Å²) in [5, 5.41) is 0. The lowest BCUT2D eigenvalue weighted by Gasteiger charge is -1.95. The fraction of sp³-hybridized carbons (Fsp3) is 0. The van der Waals surface area contributed by atoms with Gasteiger partial charge in [-0.05, 0) is 0 Å². The number of rotatable bonds is 0. The van der Waals surface area contributed by atoms with Gasteiger partial charge in [-0.25, -0.2) is 0 Å². The molecule has 0 bridgehead atoms. The highest BCUT2D eigenvalue weighted by molar-refractivity contribution is 8.92. The maximum Gasteiger partial charge on any atom is 0.0648 e. The van der Waals surface area contributed by atoms with Crippen molar-refractivity contribution in [1.29, 1.82) is 0 Å². The Kier molecular flexibility index (Phi) is 3.51. The molecule has 4 atom stereocenters. The zero-order chi connectivity index (χ0) is 4.50. The Morgan fingerprint density at radius 3 is 0.800 bits per heavy atom. The summed E-state index contributed by atoms with van der Waals surface area (Å²) in [5.41, 5.74) is 0. The molecular formula is H8P5+. The minimum absolute atomic E-state index is 0.722. The first kappa shape index (κ1) is 7.15. The largest absolute Gasteiger partial charge is 0.0648 e. The Morgan fingerprint density at radius 2 is 0.800 bits per heavy atom. The number of hydrogen-bond donors (Lipinski definition) is 0. The summed E-state index contributed by atoms with van der Waals surface area (Å²) >= 11 is 0. The molecule has 0 rings (SSSR count). The molecule has 32 valence electrons.